The predicted molar refractivity (Wildman–Crippen MR) is 125 cm³/mol. The fraction of sp³-hybridized carbons (Fsp3) is 0.280. The highest BCUT2D eigenvalue weighted by Crippen LogP contribution is 2.25. The van der Waals surface area contributed by atoms with E-state index in [1.165, 1.54) is 7.11 Å². The van der Waals surface area contributed by atoms with Gasteiger partial charge in [-0.3, -0.25) is 4.79 Å². The van der Waals surface area contributed by atoms with Crippen molar-refractivity contribution in [3.63, 3.8) is 0 Å². The number of phenols is 1. The molecule has 2 heterocycles. The standard InChI is InChI=1S/C14H17NO2.C11H11NO3/c1-4-10(2)17-13-5-6-14-11(8-13)7-12(9-16)15(14)3;1-12-9-4-3-8(13)5-7(9)6-10(12)11(14)15-2/h5-10H,4H2,1-3H3;3-6,13H,1-2H3. The van der Waals surface area contributed by atoms with Gasteiger partial charge in [0.05, 0.1) is 18.9 Å². The maximum absolute atomic E-state index is 11.4. The average molecular weight is 437 g/mol. The minimum atomic E-state index is -0.381. The van der Waals surface area contributed by atoms with Crippen LogP contribution in [-0.4, -0.2) is 39.7 Å². The second-order valence-electron chi connectivity index (χ2n) is 7.63. The number of rotatable bonds is 5. The summed E-state index contributed by atoms with van der Waals surface area (Å²) in [7, 11) is 5.02. The molecule has 1 N–H and O–H groups in total. The van der Waals surface area contributed by atoms with Crippen LogP contribution in [0.5, 0.6) is 11.5 Å². The fourth-order valence-corrected chi connectivity index (χ4v) is 3.49. The summed E-state index contributed by atoms with van der Waals surface area (Å²) >= 11 is 0. The van der Waals surface area contributed by atoms with Crippen LogP contribution in [0, 0.1) is 0 Å². The van der Waals surface area contributed by atoms with Crippen LogP contribution in [0.25, 0.3) is 21.8 Å². The van der Waals surface area contributed by atoms with E-state index >= 15 is 0 Å². The second kappa shape index (κ2) is 9.60. The summed E-state index contributed by atoms with van der Waals surface area (Å²) < 4.78 is 14.0. The van der Waals surface area contributed by atoms with Gasteiger partial charge >= 0.3 is 5.97 Å². The number of aromatic nitrogens is 2. The Morgan fingerprint density at radius 2 is 1.69 bits per heavy atom. The zero-order valence-corrected chi connectivity index (χ0v) is 19.0. The van der Waals surface area contributed by atoms with Gasteiger partial charge in [0.1, 0.15) is 17.2 Å². The number of fused-ring (bicyclic) bond motifs is 2. The molecule has 0 bridgehead atoms. The van der Waals surface area contributed by atoms with Gasteiger partial charge in [0.25, 0.3) is 0 Å². The largest absolute Gasteiger partial charge is 0.508 e. The van der Waals surface area contributed by atoms with Crippen LogP contribution in [0.4, 0.5) is 0 Å². The monoisotopic (exact) mass is 436 g/mol. The first kappa shape index (κ1) is 22.9. The lowest BCUT2D eigenvalue weighted by Gasteiger charge is -2.12. The van der Waals surface area contributed by atoms with Crippen LogP contribution in [0.3, 0.4) is 0 Å². The van der Waals surface area contributed by atoms with Crippen LogP contribution in [0.1, 0.15) is 41.2 Å². The van der Waals surface area contributed by atoms with E-state index < -0.39 is 0 Å². The Hall–Kier alpha value is -3.74. The SMILES string of the molecule is CCC(C)Oc1ccc2c(c1)cc(C=O)n2C.COC(=O)c1cc2cc(O)ccc2n1C. The van der Waals surface area contributed by atoms with Crippen LogP contribution in [0.15, 0.2) is 48.5 Å². The van der Waals surface area contributed by atoms with E-state index in [-0.39, 0.29) is 17.8 Å². The molecule has 7 nitrogen and oxygen atoms in total. The van der Waals surface area contributed by atoms with E-state index in [4.69, 9.17) is 4.74 Å². The molecule has 0 amide bonds. The molecule has 7 heteroatoms. The number of aldehydes is 1. The number of hydrogen-bond donors (Lipinski definition) is 1. The number of carbonyl (C=O) groups excluding carboxylic acids is 2. The highest BCUT2D eigenvalue weighted by molar-refractivity contribution is 5.96. The topological polar surface area (TPSA) is 82.7 Å². The van der Waals surface area contributed by atoms with Gasteiger partial charge in [-0.15, -0.1) is 0 Å². The van der Waals surface area contributed by atoms with Gasteiger partial charge in [0.15, 0.2) is 6.29 Å². The van der Waals surface area contributed by atoms with Crippen molar-refractivity contribution in [1.82, 2.24) is 9.13 Å². The lowest BCUT2D eigenvalue weighted by molar-refractivity contribution is 0.0590. The van der Waals surface area contributed by atoms with Gasteiger partial charge in [0, 0.05) is 35.9 Å². The van der Waals surface area contributed by atoms with Gasteiger partial charge in [0.2, 0.25) is 0 Å². The van der Waals surface area contributed by atoms with E-state index in [1.54, 1.807) is 35.9 Å². The Morgan fingerprint density at radius 1 is 1.03 bits per heavy atom. The quantitative estimate of drug-likeness (QED) is 0.358. The number of aromatic hydroxyl groups is 1. The summed E-state index contributed by atoms with van der Waals surface area (Å²) in [5.41, 5.74) is 3.08. The molecule has 0 aliphatic carbocycles. The molecule has 2 aromatic carbocycles. The summed E-state index contributed by atoms with van der Waals surface area (Å²) in [4.78, 5) is 22.2. The first-order valence-electron chi connectivity index (χ1n) is 10.4. The smallest absolute Gasteiger partial charge is 0.354 e. The van der Waals surface area contributed by atoms with Crippen molar-refractivity contribution in [2.24, 2.45) is 14.1 Å². The molecule has 0 saturated heterocycles. The van der Waals surface area contributed by atoms with Gasteiger partial charge in [-0.05, 0) is 61.9 Å². The van der Waals surface area contributed by atoms with Crippen molar-refractivity contribution in [2.45, 2.75) is 26.4 Å². The first-order valence-corrected chi connectivity index (χ1v) is 10.4. The molecule has 2 aromatic heterocycles. The zero-order chi connectivity index (χ0) is 23.4. The molecule has 1 atom stereocenters. The Morgan fingerprint density at radius 3 is 2.34 bits per heavy atom. The van der Waals surface area contributed by atoms with Crippen molar-refractivity contribution in [3.05, 3.63) is 59.9 Å². The van der Waals surface area contributed by atoms with Crippen LogP contribution >= 0.6 is 0 Å². The highest BCUT2D eigenvalue weighted by atomic mass is 16.5. The molecule has 0 radical (unpaired) electrons. The third kappa shape index (κ3) is 4.61. The molecule has 32 heavy (non-hydrogen) atoms. The molecule has 0 aliphatic rings. The number of carbonyl (C=O) groups is 2. The lowest BCUT2D eigenvalue weighted by Crippen LogP contribution is -2.09. The maximum atomic E-state index is 11.4. The Labute approximate surface area is 186 Å². The molecular formula is C25H28N2O5. The van der Waals surface area contributed by atoms with E-state index in [0.29, 0.717) is 11.4 Å². The third-order valence-electron chi connectivity index (χ3n) is 5.50. The molecule has 0 spiro atoms. The zero-order valence-electron chi connectivity index (χ0n) is 19.0. The number of methoxy groups -OCH3 is 1. The molecule has 168 valence electrons. The van der Waals surface area contributed by atoms with E-state index in [9.17, 15) is 14.7 Å². The van der Waals surface area contributed by atoms with Crippen molar-refractivity contribution < 1.29 is 24.2 Å². The van der Waals surface area contributed by atoms with Crippen molar-refractivity contribution in [1.29, 1.82) is 0 Å². The molecule has 4 rings (SSSR count). The van der Waals surface area contributed by atoms with E-state index in [1.807, 2.05) is 42.8 Å². The van der Waals surface area contributed by atoms with Crippen molar-refractivity contribution in [2.75, 3.05) is 7.11 Å². The van der Waals surface area contributed by atoms with Crippen molar-refractivity contribution in [3.8, 4) is 11.5 Å². The number of nitrogens with zero attached hydrogens (tertiary/aromatic N) is 2. The van der Waals surface area contributed by atoms with E-state index in [0.717, 1.165) is 40.3 Å². The van der Waals surface area contributed by atoms with Gasteiger partial charge < -0.3 is 23.7 Å². The summed E-state index contributed by atoms with van der Waals surface area (Å²) in [5, 5.41) is 11.2. The van der Waals surface area contributed by atoms with Crippen molar-refractivity contribution >= 4 is 34.1 Å². The molecule has 0 saturated carbocycles. The second-order valence-corrected chi connectivity index (χ2v) is 7.63. The number of hydrogen-bond acceptors (Lipinski definition) is 5. The maximum Gasteiger partial charge on any atom is 0.354 e. The Kier molecular flexibility index (Phi) is 6.88. The van der Waals surface area contributed by atoms with Crippen LogP contribution in [-0.2, 0) is 18.8 Å². The van der Waals surface area contributed by atoms with Crippen LogP contribution in [0.2, 0.25) is 0 Å². The number of aryl methyl sites for hydroxylation is 2. The van der Waals surface area contributed by atoms with Gasteiger partial charge in [-0.1, -0.05) is 6.92 Å². The number of esters is 1. The van der Waals surface area contributed by atoms with E-state index in [2.05, 4.69) is 11.7 Å². The Bertz CT molecular complexity index is 1270. The number of ether oxygens (including phenoxy) is 2. The van der Waals surface area contributed by atoms with Gasteiger partial charge in [-0.25, -0.2) is 4.79 Å². The molecule has 0 aliphatic heterocycles. The molecule has 1 unspecified atom stereocenters. The normalized spacial score (nSPS) is 11.7. The summed E-state index contributed by atoms with van der Waals surface area (Å²) in [5.74, 6) is 0.660. The van der Waals surface area contributed by atoms with Crippen LogP contribution < -0.4 is 4.74 Å². The number of phenolic OH excluding ortho intramolecular Hbond substituents is 1. The molecule has 4 aromatic rings. The summed E-state index contributed by atoms with van der Waals surface area (Å²) in [6.45, 7) is 4.14. The Balaban J connectivity index is 0.000000182. The van der Waals surface area contributed by atoms with Gasteiger partial charge in [-0.2, -0.15) is 0 Å². The minimum Gasteiger partial charge on any atom is -0.508 e. The summed E-state index contributed by atoms with van der Waals surface area (Å²) in [6.07, 6.45) is 2.06. The third-order valence-corrected chi connectivity index (χ3v) is 5.50. The summed E-state index contributed by atoms with van der Waals surface area (Å²) in [6, 6.07) is 14.5. The average Bonchev–Trinajstić information content (AvgIpc) is 3.29. The first-order chi connectivity index (χ1) is 15.3. The fourth-order valence-electron chi connectivity index (χ4n) is 3.49. The molecule has 0 fully saturated rings. The lowest BCUT2D eigenvalue weighted by atomic mass is 10.2. The predicted octanol–water partition coefficient (Wildman–Crippen LogP) is 4.84. The highest BCUT2D eigenvalue weighted by Gasteiger charge is 2.13. The molecular weight excluding hydrogens is 408 g/mol. The number of benzene rings is 2. The minimum absolute atomic E-state index is 0.185.